The number of benzene rings is 3. The average Bonchev–Trinajstić information content (AvgIpc) is 2.86. The van der Waals surface area contributed by atoms with E-state index in [2.05, 4.69) is 62.9 Å². The Morgan fingerprint density at radius 3 is 2.69 bits per heavy atom. The minimum Gasteiger partial charge on any atom is -0.493 e. The van der Waals surface area contributed by atoms with Crippen LogP contribution < -0.4 is 15.0 Å². The molecule has 0 aliphatic heterocycles. The maximum absolute atomic E-state index is 13.3. The van der Waals surface area contributed by atoms with Crippen molar-refractivity contribution in [3.8, 4) is 11.5 Å². The lowest BCUT2D eigenvalue weighted by molar-refractivity contribution is 0.282. The largest absolute Gasteiger partial charge is 0.493 e. The molecule has 0 N–H and O–H groups in total. The molecule has 0 saturated carbocycles. The Kier molecular flexibility index (Phi) is 8.59. The number of aryl methyl sites for hydroxylation is 2. The van der Waals surface area contributed by atoms with E-state index in [1.807, 2.05) is 36.4 Å². The molecule has 0 spiro atoms. The van der Waals surface area contributed by atoms with Crippen LogP contribution in [0.4, 0.5) is 0 Å². The van der Waals surface area contributed by atoms with Crippen LogP contribution in [0.5, 0.6) is 11.5 Å². The zero-order valence-electron chi connectivity index (χ0n) is 20.4. The lowest BCUT2D eigenvalue weighted by Crippen LogP contribution is -2.22. The molecule has 6 nitrogen and oxygen atoms in total. The van der Waals surface area contributed by atoms with Gasteiger partial charge in [0.25, 0.3) is 5.56 Å². The summed E-state index contributed by atoms with van der Waals surface area (Å²) < 4.78 is 14.6. The molecule has 0 amide bonds. The van der Waals surface area contributed by atoms with E-state index < -0.39 is 0 Å². The van der Waals surface area contributed by atoms with Crippen molar-refractivity contribution >= 4 is 49.0 Å². The standard InChI is InChI=1S/C28H27Br2N3O3/c1-4-5-9-26-32-24-11-10-21(29)15-22(24)28(34)33(26)31-16-20-13-23(30)27(25(14-20)35-3)36-17-19-8-6-7-18(2)12-19/h6-8,10-16H,4-5,9,17H2,1-3H3. The van der Waals surface area contributed by atoms with Gasteiger partial charge in [-0.15, -0.1) is 0 Å². The fourth-order valence-corrected chi connectivity index (χ4v) is 4.78. The van der Waals surface area contributed by atoms with Gasteiger partial charge in [-0.25, -0.2) is 4.98 Å². The number of nitrogens with zero attached hydrogens (tertiary/aromatic N) is 3. The Balaban J connectivity index is 1.67. The van der Waals surface area contributed by atoms with Gasteiger partial charge in [0, 0.05) is 10.9 Å². The molecular formula is C28H27Br2N3O3. The monoisotopic (exact) mass is 611 g/mol. The highest BCUT2D eigenvalue weighted by Crippen LogP contribution is 2.37. The molecule has 8 heteroatoms. The van der Waals surface area contributed by atoms with E-state index >= 15 is 0 Å². The van der Waals surface area contributed by atoms with Crippen LogP contribution >= 0.6 is 31.9 Å². The van der Waals surface area contributed by atoms with Gasteiger partial charge >= 0.3 is 0 Å². The lowest BCUT2D eigenvalue weighted by atomic mass is 10.1. The van der Waals surface area contributed by atoms with E-state index in [0.717, 1.165) is 32.9 Å². The van der Waals surface area contributed by atoms with E-state index in [1.54, 1.807) is 19.4 Å². The van der Waals surface area contributed by atoms with Gasteiger partial charge in [0.15, 0.2) is 11.5 Å². The molecule has 0 saturated heterocycles. The van der Waals surface area contributed by atoms with Crippen molar-refractivity contribution in [1.82, 2.24) is 9.66 Å². The topological polar surface area (TPSA) is 65.7 Å². The Hall–Kier alpha value is -2.97. The van der Waals surface area contributed by atoms with Gasteiger partial charge in [0.1, 0.15) is 12.4 Å². The predicted octanol–water partition coefficient (Wildman–Crippen LogP) is 7.04. The highest BCUT2D eigenvalue weighted by Gasteiger charge is 2.13. The third kappa shape index (κ3) is 6.05. The number of hydrogen-bond donors (Lipinski definition) is 0. The van der Waals surface area contributed by atoms with E-state index in [1.165, 1.54) is 10.2 Å². The number of unbranched alkanes of at least 4 members (excludes halogenated alkanes) is 1. The highest BCUT2D eigenvalue weighted by molar-refractivity contribution is 9.10. The molecule has 1 heterocycles. The summed E-state index contributed by atoms with van der Waals surface area (Å²) in [6.45, 7) is 4.58. The fourth-order valence-electron chi connectivity index (χ4n) is 3.85. The number of ether oxygens (including phenoxy) is 2. The minimum atomic E-state index is -0.201. The average molecular weight is 613 g/mol. The first kappa shape index (κ1) is 26.1. The number of fused-ring (bicyclic) bond motifs is 1. The van der Waals surface area contributed by atoms with Gasteiger partial charge in [-0.1, -0.05) is 59.1 Å². The van der Waals surface area contributed by atoms with E-state index in [-0.39, 0.29) is 5.56 Å². The number of aromatic nitrogens is 2. The van der Waals surface area contributed by atoms with Gasteiger partial charge in [-0.2, -0.15) is 9.78 Å². The summed E-state index contributed by atoms with van der Waals surface area (Å²) in [7, 11) is 1.60. The number of halogens is 2. The van der Waals surface area contributed by atoms with Crippen LogP contribution in [0.25, 0.3) is 10.9 Å². The minimum absolute atomic E-state index is 0.201. The molecule has 4 rings (SSSR count). The van der Waals surface area contributed by atoms with Crippen molar-refractivity contribution in [2.24, 2.45) is 5.10 Å². The van der Waals surface area contributed by atoms with Gasteiger partial charge < -0.3 is 9.47 Å². The van der Waals surface area contributed by atoms with Crippen LogP contribution in [-0.4, -0.2) is 23.0 Å². The molecule has 3 aromatic carbocycles. The molecule has 36 heavy (non-hydrogen) atoms. The van der Waals surface area contributed by atoms with Crippen molar-refractivity contribution in [2.75, 3.05) is 7.11 Å². The van der Waals surface area contributed by atoms with Crippen LogP contribution in [0.1, 0.15) is 42.3 Å². The maximum atomic E-state index is 13.3. The van der Waals surface area contributed by atoms with Crippen LogP contribution in [0.15, 0.2) is 73.4 Å². The Labute approximate surface area is 227 Å². The third-order valence-corrected chi connectivity index (χ3v) is 6.75. The summed E-state index contributed by atoms with van der Waals surface area (Å²) in [5.41, 5.74) is 3.47. The second-order valence-electron chi connectivity index (χ2n) is 8.47. The molecule has 1 aromatic heterocycles. The molecule has 0 radical (unpaired) electrons. The summed E-state index contributed by atoms with van der Waals surface area (Å²) in [5.74, 6) is 1.81. The van der Waals surface area contributed by atoms with E-state index in [4.69, 9.17) is 14.5 Å². The number of rotatable bonds is 9. The normalized spacial score (nSPS) is 11.4. The van der Waals surface area contributed by atoms with Crippen LogP contribution in [0.2, 0.25) is 0 Å². The Morgan fingerprint density at radius 2 is 1.94 bits per heavy atom. The van der Waals surface area contributed by atoms with Gasteiger partial charge in [-0.05, 0) is 70.7 Å². The molecule has 0 aliphatic rings. The van der Waals surface area contributed by atoms with Crippen molar-refractivity contribution in [2.45, 2.75) is 39.7 Å². The van der Waals surface area contributed by atoms with Gasteiger partial charge in [0.05, 0.1) is 28.7 Å². The summed E-state index contributed by atoms with van der Waals surface area (Å²) in [6.07, 6.45) is 4.20. The molecule has 186 valence electrons. The van der Waals surface area contributed by atoms with Crippen molar-refractivity contribution in [3.63, 3.8) is 0 Å². The SMILES string of the molecule is CCCCc1nc2ccc(Br)cc2c(=O)n1N=Cc1cc(Br)c(OCc2cccc(C)c2)c(OC)c1. The van der Waals surface area contributed by atoms with Crippen LogP contribution in [0, 0.1) is 6.92 Å². The van der Waals surface area contributed by atoms with Gasteiger partial charge in [0.2, 0.25) is 0 Å². The molecule has 0 atom stereocenters. The predicted molar refractivity (Wildman–Crippen MR) is 152 cm³/mol. The third-order valence-electron chi connectivity index (χ3n) is 5.67. The Bertz CT molecular complexity index is 1480. The maximum Gasteiger partial charge on any atom is 0.282 e. The highest BCUT2D eigenvalue weighted by atomic mass is 79.9. The summed E-state index contributed by atoms with van der Waals surface area (Å²) in [5, 5.41) is 5.06. The zero-order valence-corrected chi connectivity index (χ0v) is 23.6. The summed E-state index contributed by atoms with van der Waals surface area (Å²) >= 11 is 7.05. The summed E-state index contributed by atoms with van der Waals surface area (Å²) in [6, 6.07) is 17.4. The van der Waals surface area contributed by atoms with Crippen molar-refractivity contribution in [1.29, 1.82) is 0 Å². The zero-order chi connectivity index (χ0) is 25.7. The number of hydrogen-bond acceptors (Lipinski definition) is 5. The quantitative estimate of drug-likeness (QED) is 0.190. The molecular weight excluding hydrogens is 586 g/mol. The molecule has 0 unspecified atom stereocenters. The van der Waals surface area contributed by atoms with Gasteiger partial charge in [-0.3, -0.25) is 4.79 Å². The smallest absolute Gasteiger partial charge is 0.282 e. The first-order valence-corrected chi connectivity index (χ1v) is 13.3. The molecule has 4 aromatic rings. The Morgan fingerprint density at radius 1 is 1.11 bits per heavy atom. The first-order chi connectivity index (χ1) is 17.4. The molecule has 0 aliphatic carbocycles. The van der Waals surface area contributed by atoms with Crippen LogP contribution in [-0.2, 0) is 13.0 Å². The fraction of sp³-hybridized carbons (Fsp3) is 0.250. The second-order valence-corrected chi connectivity index (χ2v) is 10.2. The number of methoxy groups -OCH3 is 1. The van der Waals surface area contributed by atoms with Crippen molar-refractivity contribution < 1.29 is 9.47 Å². The molecule has 0 fully saturated rings. The van der Waals surface area contributed by atoms with E-state index in [9.17, 15) is 4.79 Å². The molecule has 0 bridgehead atoms. The summed E-state index contributed by atoms with van der Waals surface area (Å²) in [4.78, 5) is 18.0. The van der Waals surface area contributed by atoms with Crippen LogP contribution in [0.3, 0.4) is 0 Å². The van der Waals surface area contributed by atoms with E-state index in [0.29, 0.717) is 41.3 Å². The van der Waals surface area contributed by atoms with Crippen molar-refractivity contribution in [3.05, 3.63) is 96.4 Å². The lowest BCUT2D eigenvalue weighted by Gasteiger charge is -2.14. The first-order valence-electron chi connectivity index (χ1n) is 11.7. The second kappa shape index (κ2) is 11.8.